The number of hydrogen-bond donors (Lipinski definition) is 1. The highest BCUT2D eigenvalue weighted by Crippen LogP contribution is 2.24. The van der Waals surface area contributed by atoms with Crippen molar-refractivity contribution >= 4 is 29.3 Å². The lowest BCUT2D eigenvalue weighted by Crippen LogP contribution is -2.23. The van der Waals surface area contributed by atoms with Crippen molar-refractivity contribution in [1.82, 2.24) is 15.5 Å². The molecule has 1 heterocycles. The summed E-state index contributed by atoms with van der Waals surface area (Å²) in [6, 6.07) is 17.2. The quantitative estimate of drug-likeness (QED) is 0.629. The highest BCUT2D eigenvalue weighted by atomic mass is 35.5. The van der Waals surface area contributed by atoms with Gasteiger partial charge in [0.05, 0.1) is 11.6 Å². The zero-order valence-electron chi connectivity index (χ0n) is 13.3. The fourth-order valence-corrected chi connectivity index (χ4v) is 3.21. The number of nitrogens with one attached hydrogen (secondary N) is 1. The van der Waals surface area contributed by atoms with Crippen LogP contribution in [0, 0.1) is 0 Å². The molecule has 0 saturated carbocycles. The van der Waals surface area contributed by atoms with Gasteiger partial charge in [-0.2, -0.15) is 4.98 Å². The third kappa shape index (κ3) is 5.08. The number of benzene rings is 2. The van der Waals surface area contributed by atoms with Crippen molar-refractivity contribution in [2.45, 2.75) is 17.9 Å². The third-order valence-corrected chi connectivity index (χ3v) is 4.70. The molecule has 0 aliphatic rings. The summed E-state index contributed by atoms with van der Waals surface area (Å²) in [5.41, 5.74) is 0.699. The second-order valence-electron chi connectivity index (χ2n) is 5.18. The van der Waals surface area contributed by atoms with Crippen LogP contribution in [0.3, 0.4) is 0 Å². The smallest absolute Gasteiger partial charge is 0.246 e. The SMILES string of the molecule is O=C(CCSc1ccccc1)NCc1nc(-c2ccccc2Cl)no1. The average Bonchev–Trinajstić information content (AvgIpc) is 3.10. The Kier molecular flexibility index (Phi) is 6.09. The van der Waals surface area contributed by atoms with Crippen LogP contribution in [0.25, 0.3) is 11.4 Å². The van der Waals surface area contributed by atoms with E-state index >= 15 is 0 Å². The Morgan fingerprint density at radius 1 is 1.12 bits per heavy atom. The Morgan fingerprint density at radius 2 is 1.88 bits per heavy atom. The monoisotopic (exact) mass is 373 g/mol. The third-order valence-electron chi connectivity index (χ3n) is 3.36. The topological polar surface area (TPSA) is 68.0 Å². The van der Waals surface area contributed by atoms with Crippen LogP contribution in [0.15, 0.2) is 64.0 Å². The summed E-state index contributed by atoms with van der Waals surface area (Å²) in [6.45, 7) is 0.201. The molecule has 0 aliphatic carbocycles. The lowest BCUT2D eigenvalue weighted by molar-refractivity contribution is -0.120. The number of carbonyl (C=O) groups excluding carboxylic acids is 1. The Bertz CT molecular complexity index is 839. The lowest BCUT2D eigenvalue weighted by atomic mass is 10.2. The van der Waals surface area contributed by atoms with Crippen molar-refractivity contribution in [3.05, 3.63) is 65.5 Å². The fraction of sp³-hybridized carbons (Fsp3) is 0.167. The maximum atomic E-state index is 11.9. The van der Waals surface area contributed by atoms with Crippen LogP contribution in [-0.2, 0) is 11.3 Å². The molecule has 0 radical (unpaired) electrons. The molecule has 3 aromatic rings. The second-order valence-corrected chi connectivity index (χ2v) is 6.76. The van der Waals surface area contributed by atoms with Gasteiger partial charge in [-0.3, -0.25) is 4.79 Å². The standard InChI is InChI=1S/C18H16ClN3O2S/c19-15-9-5-4-8-14(15)18-21-17(24-22-18)12-20-16(23)10-11-25-13-6-2-1-3-7-13/h1-9H,10-12H2,(H,20,23). The van der Waals surface area contributed by atoms with Gasteiger partial charge in [-0.05, 0) is 24.3 Å². The number of aromatic nitrogens is 2. The van der Waals surface area contributed by atoms with Gasteiger partial charge >= 0.3 is 0 Å². The minimum atomic E-state index is -0.0547. The zero-order valence-corrected chi connectivity index (χ0v) is 14.9. The number of amides is 1. The minimum Gasteiger partial charge on any atom is -0.347 e. The van der Waals surface area contributed by atoms with E-state index in [4.69, 9.17) is 16.1 Å². The molecule has 1 amide bonds. The van der Waals surface area contributed by atoms with Crippen LogP contribution >= 0.6 is 23.4 Å². The molecule has 0 fully saturated rings. The lowest BCUT2D eigenvalue weighted by Gasteiger charge is -2.02. The van der Waals surface area contributed by atoms with Crippen LogP contribution < -0.4 is 5.32 Å². The molecule has 0 aliphatic heterocycles. The van der Waals surface area contributed by atoms with Gasteiger partial charge in [0, 0.05) is 22.6 Å². The van der Waals surface area contributed by atoms with Gasteiger partial charge in [0.1, 0.15) is 0 Å². The number of hydrogen-bond acceptors (Lipinski definition) is 5. The second kappa shape index (κ2) is 8.69. The van der Waals surface area contributed by atoms with Crippen molar-refractivity contribution in [2.75, 3.05) is 5.75 Å². The molecule has 1 aromatic heterocycles. The molecular formula is C18H16ClN3O2S. The van der Waals surface area contributed by atoms with E-state index in [0.717, 1.165) is 4.90 Å². The first-order valence-corrected chi connectivity index (χ1v) is 9.11. The van der Waals surface area contributed by atoms with Crippen molar-refractivity contribution in [1.29, 1.82) is 0 Å². The van der Waals surface area contributed by atoms with Gasteiger partial charge in [-0.15, -0.1) is 11.8 Å². The van der Waals surface area contributed by atoms with Crippen molar-refractivity contribution in [3.63, 3.8) is 0 Å². The summed E-state index contributed by atoms with van der Waals surface area (Å²) in [4.78, 5) is 17.3. The highest BCUT2D eigenvalue weighted by molar-refractivity contribution is 7.99. The summed E-state index contributed by atoms with van der Waals surface area (Å²) in [5, 5.41) is 7.24. The van der Waals surface area contributed by atoms with Crippen molar-refractivity contribution in [3.8, 4) is 11.4 Å². The molecule has 0 saturated heterocycles. The molecular weight excluding hydrogens is 358 g/mol. The number of thioether (sulfide) groups is 1. The molecule has 7 heteroatoms. The van der Waals surface area contributed by atoms with E-state index in [1.807, 2.05) is 48.5 Å². The average molecular weight is 374 g/mol. The molecule has 2 aromatic carbocycles. The molecule has 0 spiro atoms. The van der Waals surface area contributed by atoms with Gasteiger partial charge in [0.2, 0.25) is 17.6 Å². The van der Waals surface area contributed by atoms with Gasteiger partial charge in [-0.1, -0.05) is 47.1 Å². The van der Waals surface area contributed by atoms with Gasteiger partial charge in [-0.25, -0.2) is 0 Å². The normalized spacial score (nSPS) is 10.6. The Morgan fingerprint density at radius 3 is 2.68 bits per heavy atom. The number of rotatable bonds is 7. The van der Waals surface area contributed by atoms with Crippen molar-refractivity contribution in [2.24, 2.45) is 0 Å². The molecule has 0 atom stereocenters. The fourth-order valence-electron chi connectivity index (χ4n) is 2.12. The van der Waals surface area contributed by atoms with E-state index in [9.17, 15) is 4.79 Å². The summed E-state index contributed by atoms with van der Waals surface area (Å²) in [5.74, 6) is 1.42. The molecule has 25 heavy (non-hydrogen) atoms. The molecule has 0 bridgehead atoms. The first kappa shape index (κ1) is 17.5. The van der Waals surface area contributed by atoms with Crippen LogP contribution in [0.4, 0.5) is 0 Å². The Hall–Kier alpha value is -2.31. The predicted molar refractivity (Wildman–Crippen MR) is 98.4 cm³/mol. The largest absolute Gasteiger partial charge is 0.347 e. The summed E-state index contributed by atoms with van der Waals surface area (Å²) >= 11 is 7.76. The Balaban J connectivity index is 1.46. The van der Waals surface area contributed by atoms with Crippen LogP contribution in [0.5, 0.6) is 0 Å². The van der Waals surface area contributed by atoms with Crippen LogP contribution in [0.2, 0.25) is 5.02 Å². The van der Waals surface area contributed by atoms with E-state index in [2.05, 4.69) is 15.5 Å². The van der Waals surface area contributed by atoms with E-state index in [-0.39, 0.29) is 12.5 Å². The van der Waals surface area contributed by atoms with E-state index < -0.39 is 0 Å². The van der Waals surface area contributed by atoms with E-state index in [0.29, 0.717) is 34.5 Å². The van der Waals surface area contributed by atoms with E-state index in [1.54, 1.807) is 17.8 Å². The maximum Gasteiger partial charge on any atom is 0.246 e. The molecule has 5 nitrogen and oxygen atoms in total. The minimum absolute atomic E-state index is 0.0547. The van der Waals surface area contributed by atoms with Crippen LogP contribution in [-0.4, -0.2) is 21.8 Å². The maximum absolute atomic E-state index is 11.9. The van der Waals surface area contributed by atoms with Gasteiger partial charge < -0.3 is 9.84 Å². The molecule has 128 valence electrons. The van der Waals surface area contributed by atoms with Crippen LogP contribution in [0.1, 0.15) is 12.3 Å². The first-order valence-electron chi connectivity index (χ1n) is 7.74. The molecule has 1 N–H and O–H groups in total. The summed E-state index contributed by atoms with van der Waals surface area (Å²) in [6.07, 6.45) is 0.422. The summed E-state index contributed by atoms with van der Waals surface area (Å²) in [7, 11) is 0. The number of halogens is 1. The van der Waals surface area contributed by atoms with E-state index in [1.165, 1.54) is 0 Å². The van der Waals surface area contributed by atoms with Gasteiger partial charge in [0.25, 0.3) is 0 Å². The zero-order chi connectivity index (χ0) is 17.5. The summed E-state index contributed by atoms with van der Waals surface area (Å²) < 4.78 is 5.16. The first-order chi connectivity index (χ1) is 12.2. The highest BCUT2D eigenvalue weighted by Gasteiger charge is 2.12. The molecule has 3 rings (SSSR count). The number of nitrogens with zero attached hydrogens (tertiary/aromatic N) is 2. The molecule has 0 unspecified atom stereocenters. The Labute approximate surface area is 154 Å². The van der Waals surface area contributed by atoms with Gasteiger partial charge in [0.15, 0.2) is 0 Å². The number of carbonyl (C=O) groups is 1. The van der Waals surface area contributed by atoms with Crippen molar-refractivity contribution < 1.29 is 9.32 Å². The predicted octanol–water partition coefficient (Wildman–Crippen LogP) is 4.19.